The lowest BCUT2D eigenvalue weighted by Gasteiger charge is -2.40. The van der Waals surface area contributed by atoms with Crippen LogP contribution in [0.5, 0.6) is 0 Å². The SMILES string of the molecule is CCCC(C)CC1(C)CCC1. The average molecular weight is 154 g/mol. The van der Waals surface area contributed by atoms with Crippen LogP contribution in [0, 0.1) is 11.3 Å². The van der Waals surface area contributed by atoms with Crippen molar-refractivity contribution in [3.05, 3.63) is 0 Å². The summed E-state index contributed by atoms with van der Waals surface area (Å²) in [5, 5.41) is 0. The highest BCUT2D eigenvalue weighted by atomic mass is 14.4. The summed E-state index contributed by atoms with van der Waals surface area (Å²) in [6.45, 7) is 7.16. The van der Waals surface area contributed by atoms with E-state index in [-0.39, 0.29) is 0 Å². The van der Waals surface area contributed by atoms with Crippen LogP contribution >= 0.6 is 0 Å². The molecule has 66 valence electrons. The van der Waals surface area contributed by atoms with E-state index in [9.17, 15) is 0 Å². The zero-order valence-corrected chi connectivity index (χ0v) is 8.32. The molecular weight excluding hydrogens is 132 g/mol. The van der Waals surface area contributed by atoms with Gasteiger partial charge in [0.05, 0.1) is 0 Å². The molecule has 0 aliphatic heterocycles. The first-order valence-electron chi connectivity index (χ1n) is 5.16. The highest BCUT2D eigenvalue weighted by Crippen LogP contribution is 2.45. The van der Waals surface area contributed by atoms with Crippen LogP contribution < -0.4 is 0 Å². The van der Waals surface area contributed by atoms with E-state index in [0.717, 1.165) is 11.3 Å². The molecule has 0 radical (unpaired) electrons. The van der Waals surface area contributed by atoms with Gasteiger partial charge < -0.3 is 0 Å². The Hall–Kier alpha value is 0. The second-order valence-electron chi connectivity index (χ2n) is 4.76. The summed E-state index contributed by atoms with van der Waals surface area (Å²) in [6.07, 6.45) is 8.71. The maximum Gasteiger partial charge on any atom is -0.0323 e. The third kappa shape index (κ3) is 2.50. The molecule has 0 heteroatoms. The second kappa shape index (κ2) is 3.60. The van der Waals surface area contributed by atoms with E-state index in [0.29, 0.717) is 0 Å². The van der Waals surface area contributed by atoms with Gasteiger partial charge in [-0.1, -0.05) is 40.0 Å². The topological polar surface area (TPSA) is 0 Å². The van der Waals surface area contributed by atoms with E-state index in [1.54, 1.807) is 0 Å². The fourth-order valence-corrected chi connectivity index (χ4v) is 2.42. The minimum atomic E-state index is 0.745. The first-order chi connectivity index (χ1) is 5.16. The van der Waals surface area contributed by atoms with Crippen molar-refractivity contribution in [3.63, 3.8) is 0 Å². The lowest BCUT2D eigenvalue weighted by molar-refractivity contribution is 0.118. The Labute approximate surface area is 71.4 Å². The van der Waals surface area contributed by atoms with Gasteiger partial charge in [0.1, 0.15) is 0 Å². The predicted molar refractivity (Wildman–Crippen MR) is 50.6 cm³/mol. The van der Waals surface area contributed by atoms with E-state index in [4.69, 9.17) is 0 Å². The van der Waals surface area contributed by atoms with Gasteiger partial charge >= 0.3 is 0 Å². The minimum absolute atomic E-state index is 0.745. The zero-order chi connectivity index (χ0) is 8.32. The number of hydrogen-bond acceptors (Lipinski definition) is 0. The van der Waals surface area contributed by atoms with Gasteiger partial charge in [-0.2, -0.15) is 0 Å². The highest BCUT2D eigenvalue weighted by molar-refractivity contribution is 4.84. The Balaban J connectivity index is 2.18. The van der Waals surface area contributed by atoms with Crippen LogP contribution in [0.25, 0.3) is 0 Å². The lowest BCUT2D eigenvalue weighted by Crippen LogP contribution is -2.27. The summed E-state index contributed by atoms with van der Waals surface area (Å²) in [4.78, 5) is 0. The van der Waals surface area contributed by atoms with Crippen LogP contribution in [0.1, 0.15) is 59.3 Å². The summed E-state index contributed by atoms with van der Waals surface area (Å²) in [5.41, 5.74) is 0.745. The molecule has 0 heterocycles. The third-order valence-corrected chi connectivity index (χ3v) is 3.18. The van der Waals surface area contributed by atoms with Crippen LogP contribution in [0.4, 0.5) is 0 Å². The number of rotatable bonds is 4. The van der Waals surface area contributed by atoms with Crippen LogP contribution in [-0.2, 0) is 0 Å². The maximum absolute atomic E-state index is 2.46. The average Bonchev–Trinajstić information content (AvgIpc) is 1.85. The second-order valence-corrected chi connectivity index (χ2v) is 4.76. The largest absolute Gasteiger partial charge is 0.0654 e. The Morgan fingerprint density at radius 2 is 2.00 bits per heavy atom. The first kappa shape index (κ1) is 9.09. The molecule has 1 aliphatic carbocycles. The smallest absolute Gasteiger partial charge is 0.0323 e. The van der Waals surface area contributed by atoms with Gasteiger partial charge in [-0.25, -0.2) is 0 Å². The molecule has 0 amide bonds. The van der Waals surface area contributed by atoms with E-state index >= 15 is 0 Å². The molecule has 0 nitrogen and oxygen atoms in total. The lowest BCUT2D eigenvalue weighted by atomic mass is 9.65. The Bertz CT molecular complexity index is 111. The summed E-state index contributed by atoms with van der Waals surface area (Å²) in [7, 11) is 0. The van der Waals surface area contributed by atoms with Crippen molar-refractivity contribution in [3.8, 4) is 0 Å². The summed E-state index contributed by atoms with van der Waals surface area (Å²) in [5.74, 6) is 0.963. The normalized spacial score (nSPS) is 24.3. The van der Waals surface area contributed by atoms with Crippen molar-refractivity contribution >= 4 is 0 Å². The van der Waals surface area contributed by atoms with Crippen molar-refractivity contribution in [1.82, 2.24) is 0 Å². The first-order valence-corrected chi connectivity index (χ1v) is 5.16. The molecule has 0 saturated heterocycles. The molecule has 1 atom stereocenters. The molecule has 0 aromatic heterocycles. The summed E-state index contributed by atoms with van der Waals surface area (Å²) >= 11 is 0. The van der Waals surface area contributed by atoms with Crippen LogP contribution in [0.3, 0.4) is 0 Å². The maximum atomic E-state index is 2.46. The van der Waals surface area contributed by atoms with E-state index in [1.165, 1.54) is 38.5 Å². The molecule has 11 heavy (non-hydrogen) atoms. The van der Waals surface area contributed by atoms with Crippen LogP contribution in [-0.4, -0.2) is 0 Å². The van der Waals surface area contributed by atoms with Gasteiger partial charge in [-0.05, 0) is 30.6 Å². The van der Waals surface area contributed by atoms with E-state index < -0.39 is 0 Å². The number of hydrogen-bond donors (Lipinski definition) is 0. The quantitative estimate of drug-likeness (QED) is 0.574. The van der Waals surface area contributed by atoms with Crippen LogP contribution in [0.2, 0.25) is 0 Å². The van der Waals surface area contributed by atoms with E-state index in [1.807, 2.05) is 0 Å². The standard InChI is InChI=1S/C11H22/c1-4-6-10(2)9-11(3)7-5-8-11/h10H,4-9H2,1-3H3. The van der Waals surface area contributed by atoms with Gasteiger partial charge in [0.25, 0.3) is 0 Å². The van der Waals surface area contributed by atoms with Crippen molar-refractivity contribution in [1.29, 1.82) is 0 Å². The molecule has 0 N–H and O–H groups in total. The fraction of sp³-hybridized carbons (Fsp3) is 1.00. The zero-order valence-electron chi connectivity index (χ0n) is 8.32. The highest BCUT2D eigenvalue weighted by Gasteiger charge is 2.32. The van der Waals surface area contributed by atoms with Gasteiger partial charge in [-0.15, -0.1) is 0 Å². The molecule has 1 unspecified atom stereocenters. The Morgan fingerprint density at radius 3 is 2.36 bits per heavy atom. The molecule has 0 spiro atoms. The van der Waals surface area contributed by atoms with Crippen molar-refractivity contribution in [2.24, 2.45) is 11.3 Å². The minimum Gasteiger partial charge on any atom is -0.0654 e. The summed E-state index contributed by atoms with van der Waals surface area (Å²) in [6, 6.07) is 0. The molecule has 0 aromatic carbocycles. The molecule has 1 saturated carbocycles. The van der Waals surface area contributed by atoms with Crippen LogP contribution in [0.15, 0.2) is 0 Å². The van der Waals surface area contributed by atoms with Crippen molar-refractivity contribution in [2.45, 2.75) is 59.3 Å². The molecule has 0 bridgehead atoms. The Morgan fingerprint density at radius 1 is 1.36 bits per heavy atom. The summed E-state index contributed by atoms with van der Waals surface area (Å²) < 4.78 is 0. The third-order valence-electron chi connectivity index (χ3n) is 3.18. The fourth-order valence-electron chi connectivity index (χ4n) is 2.42. The van der Waals surface area contributed by atoms with Crippen molar-refractivity contribution in [2.75, 3.05) is 0 Å². The monoisotopic (exact) mass is 154 g/mol. The predicted octanol–water partition coefficient (Wildman–Crippen LogP) is 4.00. The van der Waals surface area contributed by atoms with E-state index in [2.05, 4.69) is 20.8 Å². The van der Waals surface area contributed by atoms with Gasteiger partial charge in [-0.3, -0.25) is 0 Å². The molecule has 1 rings (SSSR count). The van der Waals surface area contributed by atoms with Crippen molar-refractivity contribution < 1.29 is 0 Å². The van der Waals surface area contributed by atoms with Gasteiger partial charge in [0.15, 0.2) is 0 Å². The molecule has 0 aromatic rings. The Kier molecular flexibility index (Phi) is 2.98. The van der Waals surface area contributed by atoms with Gasteiger partial charge in [0.2, 0.25) is 0 Å². The molecule has 1 fully saturated rings. The molecular formula is C11H22. The van der Waals surface area contributed by atoms with Gasteiger partial charge in [0, 0.05) is 0 Å². The molecule has 1 aliphatic rings.